The van der Waals surface area contributed by atoms with Crippen molar-refractivity contribution in [1.82, 2.24) is 9.80 Å². The fraction of sp³-hybridized carbons (Fsp3) is 0.778. The summed E-state index contributed by atoms with van der Waals surface area (Å²) in [5.41, 5.74) is 5.31. The minimum absolute atomic E-state index is 0.0745. The van der Waals surface area contributed by atoms with E-state index < -0.39 is 6.09 Å². The molecule has 1 heterocycles. The van der Waals surface area contributed by atoms with E-state index in [0.717, 1.165) is 0 Å². The molecule has 0 spiro atoms. The number of amides is 2. The van der Waals surface area contributed by atoms with Gasteiger partial charge in [-0.15, -0.1) is 0 Å². The second-order valence-electron chi connectivity index (χ2n) is 3.54. The molecule has 0 aromatic carbocycles. The lowest BCUT2D eigenvalue weighted by atomic mass is 10.2. The fourth-order valence-electron chi connectivity index (χ4n) is 1.56. The molecule has 0 bridgehead atoms. The van der Waals surface area contributed by atoms with Crippen molar-refractivity contribution in [3.05, 3.63) is 0 Å². The molecule has 6 nitrogen and oxygen atoms in total. The van der Waals surface area contributed by atoms with E-state index in [4.69, 9.17) is 10.8 Å². The van der Waals surface area contributed by atoms with Gasteiger partial charge in [-0.1, -0.05) is 0 Å². The van der Waals surface area contributed by atoms with Crippen LogP contribution in [-0.4, -0.2) is 59.6 Å². The van der Waals surface area contributed by atoms with E-state index in [0.29, 0.717) is 45.6 Å². The summed E-state index contributed by atoms with van der Waals surface area (Å²) in [6.07, 6.45) is 0.241. The molecule has 0 atom stereocenters. The van der Waals surface area contributed by atoms with Crippen molar-refractivity contribution in [2.45, 2.75) is 12.8 Å². The number of piperazine rings is 1. The van der Waals surface area contributed by atoms with Crippen LogP contribution in [0.25, 0.3) is 0 Å². The van der Waals surface area contributed by atoms with Crippen LogP contribution in [0.5, 0.6) is 0 Å². The van der Waals surface area contributed by atoms with E-state index in [1.165, 1.54) is 4.90 Å². The van der Waals surface area contributed by atoms with Crippen molar-refractivity contribution in [2.75, 3.05) is 32.7 Å². The molecule has 1 rings (SSSR count). The van der Waals surface area contributed by atoms with Crippen LogP contribution in [0.15, 0.2) is 0 Å². The number of hydrogen-bond donors (Lipinski definition) is 2. The average Bonchev–Trinajstić information content (AvgIpc) is 2.26. The van der Waals surface area contributed by atoms with Gasteiger partial charge in [0.15, 0.2) is 0 Å². The molecule has 1 saturated heterocycles. The Morgan fingerprint density at radius 2 is 1.67 bits per heavy atom. The number of nitrogens with two attached hydrogens (primary N) is 1. The highest BCUT2D eigenvalue weighted by molar-refractivity contribution is 5.76. The first-order valence-electron chi connectivity index (χ1n) is 5.11. The van der Waals surface area contributed by atoms with Gasteiger partial charge in [0.2, 0.25) is 5.91 Å². The van der Waals surface area contributed by atoms with E-state index in [1.807, 2.05) is 0 Å². The second kappa shape index (κ2) is 5.55. The zero-order valence-electron chi connectivity index (χ0n) is 8.69. The summed E-state index contributed by atoms with van der Waals surface area (Å²) in [6.45, 7) is 2.32. The molecule has 6 heteroatoms. The van der Waals surface area contributed by atoms with Crippen molar-refractivity contribution in [3.63, 3.8) is 0 Å². The molecule has 1 fully saturated rings. The topological polar surface area (TPSA) is 86.9 Å². The number of hydrogen-bond acceptors (Lipinski definition) is 3. The van der Waals surface area contributed by atoms with Gasteiger partial charge in [0, 0.05) is 32.6 Å². The molecule has 2 amide bonds. The molecule has 0 radical (unpaired) electrons. The van der Waals surface area contributed by atoms with Gasteiger partial charge in [-0.25, -0.2) is 4.79 Å². The zero-order chi connectivity index (χ0) is 11.3. The van der Waals surface area contributed by atoms with E-state index in [-0.39, 0.29) is 5.91 Å². The predicted molar refractivity (Wildman–Crippen MR) is 54.5 cm³/mol. The standard InChI is InChI=1S/C9H17N3O3/c10-3-1-2-8(13)11-4-6-12(7-5-11)9(14)15/h1-7,10H2,(H,14,15). The number of carbonyl (C=O) groups excluding carboxylic acids is 1. The summed E-state index contributed by atoms with van der Waals surface area (Å²) in [7, 11) is 0. The molecule has 0 unspecified atom stereocenters. The van der Waals surface area contributed by atoms with Gasteiger partial charge >= 0.3 is 6.09 Å². The van der Waals surface area contributed by atoms with Gasteiger partial charge < -0.3 is 20.6 Å². The number of carboxylic acid groups (broad SMARTS) is 1. The highest BCUT2D eigenvalue weighted by Gasteiger charge is 2.22. The summed E-state index contributed by atoms with van der Waals surface area (Å²) < 4.78 is 0. The Hall–Kier alpha value is -1.30. The summed E-state index contributed by atoms with van der Waals surface area (Å²) in [4.78, 5) is 25.2. The van der Waals surface area contributed by atoms with Crippen LogP contribution in [0.1, 0.15) is 12.8 Å². The average molecular weight is 215 g/mol. The molecule has 1 aliphatic rings. The Balaban J connectivity index is 2.30. The Bertz CT molecular complexity index is 237. The quantitative estimate of drug-likeness (QED) is 0.667. The molecular weight excluding hydrogens is 198 g/mol. The zero-order valence-corrected chi connectivity index (χ0v) is 8.69. The van der Waals surface area contributed by atoms with Crippen LogP contribution in [0.3, 0.4) is 0 Å². The lowest BCUT2D eigenvalue weighted by Crippen LogP contribution is -2.50. The summed E-state index contributed by atoms with van der Waals surface area (Å²) in [5.74, 6) is 0.0745. The summed E-state index contributed by atoms with van der Waals surface area (Å²) >= 11 is 0. The largest absolute Gasteiger partial charge is 0.465 e. The lowest BCUT2D eigenvalue weighted by Gasteiger charge is -2.33. The fourth-order valence-corrected chi connectivity index (χ4v) is 1.56. The van der Waals surface area contributed by atoms with Gasteiger partial charge in [0.25, 0.3) is 0 Å². The third-order valence-corrected chi connectivity index (χ3v) is 2.50. The Labute approximate surface area is 88.6 Å². The molecule has 1 aliphatic heterocycles. The van der Waals surface area contributed by atoms with Gasteiger partial charge in [-0.05, 0) is 13.0 Å². The lowest BCUT2D eigenvalue weighted by molar-refractivity contribution is -0.132. The molecule has 15 heavy (non-hydrogen) atoms. The third-order valence-electron chi connectivity index (χ3n) is 2.50. The predicted octanol–water partition coefficient (Wildman–Crippen LogP) is -0.452. The summed E-state index contributed by atoms with van der Waals surface area (Å²) in [5, 5.41) is 8.71. The number of nitrogens with zero attached hydrogens (tertiary/aromatic N) is 2. The van der Waals surface area contributed by atoms with Gasteiger partial charge in [-0.2, -0.15) is 0 Å². The van der Waals surface area contributed by atoms with Crippen molar-refractivity contribution in [1.29, 1.82) is 0 Å². The van der Waals surface area contributed by atoms with Crippen LogP contribution in [-0.2, 0) is 4.79 Å². The van der Waals surface area contributed by atoms with E-state index in [1.54, 1.807) is 4.90 Å². The van der Waals surface area contributed by atoms with E-state index >= 15 is 0 Å². The Morgan fingerprint density at radius 3 is 2.13 bits per heavy atom. The highest BCUT2D eigenvalue weighted by atomic mass is 16.4. The highest BCUT2D eigenvalue weighted by Crippen LogP contribution is 2.04. The van der Waals surface area contributed by atoms with Gasteiger partial charge in [0.1, 0.15) is 0 Å². The maximum Gasteiger partial charge on any atom is 0.407 e. The minimum atomic E-state index is -0.913. The maximum atomic E-state index is 11.5. The van der Waals surface area contributed by atoms with E-state index in [9.17, 15) is 9.59 Å². The first-order valence-corrected chi connectivity index (χ1v) is 5.11. The van der Waals surface area contributed by atoms with Crippen molar-refractivity contribution in [2.24, 2.45) is 5.73 Å². The molecule has 3 N–H and O–H groups in total. The SMILES string of the molecule is NCCCC(=O)N1CCN(C(=O)O)CC1. The number of carbonyl (C=O) groups is 2. The molecule has 0 aromatic heterocycles. The Morgan fingerprint density at radius 1 is 1.13 bits per heavy atom. The maximum absolute atomic E-state index is 11.5. The van der Waals surface area contributed by atoms with Crippen LogP contribution in [0.4, 0.5) is 4.79 Å². The van der Waals surface area contributed by atoms with E-state index in [2.05, 4.69) is 0 Å². The van der Waals surface area contributed by atoms with Crippen LogP contribution >= 0.6 is 0 Å². The smallest absolute Gasteiger partial charge is 0.407 e. The van der Waals surface area contributed by atoms with Crippen molar-refractivity contribution >= 4 is 12.0 Å². The van der Waals surface area contributed by atoms with Crippen molar-refractivity contribution in [3.8, 4) is 0 Å². The minimum Gasteiger partial charge on any atom is -0.465 e. The third kappa shape index (κ3) is 3.39. The van der Waals surface area contributed by atoms with Gasteiger partial charge in [-0.3, -0.25) is 4.79 Å². The Kier molecular flexibility index (Phi) is 4.36. The normalized spacial score (nSPS) is 16.6. The molecular formula is C9H17N3O3. The van der Waals surface area contributed by atoms with Crippen LogP contribution in [0, 0.1) is 0 Å². The van der Waals surface area contributed by atoms with Crippen molar-refractivity contribution < 1.29 is 14.7 Å². The van der Waals surface area contributed by atoms with Crippen LogP contribution in [0.2, 0.25) is 0 Å². The summed E-state index contributed by atoms with van der Waals surface area (Å²) in [6, 6.07) is 0. The van der Waals surface area contributed by atoms with Gasteiger partial charge in [0.05, 0.1) is 0 Å². The molecule has 0 aliphatic carbocycles. The molecule has 86 valence electrons. The number of rotatable bonds is 3. The first kappa shape index (κ1) is 11.8. The second-order valence-corrected chi connectivity index (χ2v) is 3.54. The monoisotopic (exact) mass is 215 g/mol. The molecule has 0 saturated carbocycles. The van der Waals surface area contributed by atoms with Crippen LogP contribution < -0.4 is 5.73 Å². The first-order chi connectivity index (χ1) is 7.15. The molecule has 0 aromatic rings.